The highest BCUT2D eigenvalue weighted by atomic mass is 16.5. The van der Waals surface area contributed by atoms with Gasteiger partial charge < -0.3 is 19.8 Å². The first-order chi connectivity index (χ1) is 12.0. The maximum atomic E-state index is 12.5. The van der Waals surface area contributed by atoms with Gasteiger partial charge in [-0.3, -0.25) is 4.79 Å². The summed E-state index contributed by atoms with van der Waals surface area (Å²) in [6, 6.07) is 6.90. The molecule has 0 atom stereocenters. The van der Waals surface area contributed by atoms with Crippen molar-refractivity contribution in [3.8, 4) is 18.1 Å². The number of esters is 1. The van der Waals surface area contributed by atoms with Crippen molar-refractivity contribution in [3.63, 3.8) is 0 Å². The molecule has 6 heteroatoms. The molecule has 130 valence electrons. The van der Waals surface area contributed by atoms with Gasteiger partial charge in [0, 0.05) is 17.4 Å². The van der Waals surface area contributed by atoms with Crippen LogP contribution in [0.3, 0.4) is 0 Å². The summed E-state index contributed by atoms with van der Waals surface area (Å²) in [6.45, 7) is 5.59. The Morgan fingerprint density at radius 2 is 2.08 bits per heavy atom. The van der Waals surface area contributed by atoms with Gasteiger partial charge in [0.2, 0.25) is 0 Å². The monoisotopic (exact) mass is 340 g/mol. The van der Waals surface area contributed by atoms with Gasteiger partial charge in [-0.25, -0.2) is 4.79 Å². The molecule has 0 unspecified atom stereocenters. The molecule has 0 aliphatic rings. The summed E-state index contributed by atoms with van der Waals surface area (Å²) in [7, 11) is 0. The number of carbonyl (C=O) groups excluding carboxylic acids is 2. The average molecular weight is 340 g/mol. The molecule has 25 heavy (non-hydrogen) atoms. The van der Waals surface area contributed by atoms with E-state index in [-0.39, 0.29) is 19.1 Å². The molecule has 0 aliphatic carbocycles. The molecule has 1 heterocycles. The number of nitrogens with one attached hydrogen (secondary N) is 2. The lowest BCUT2D eigenvalue weighted by molar-refractivity contribution is 0.0525. The van der Waals surface area contributed by atoms with E-state index in [0.717, 1.165) is 0 Å². The molecular formula is C19H20N2O4. The van der Waals surface area contributed by atoms with Crippen LogP contribution in [0.5, 0.6) is 5.75 Å². The molecule has 0 aliphatic heterocycles. The number of aryl methyl sites for hydroxylation is 1. The van der Waals surface area contributed by atoms with E-state index >= 15 is 0 Å². The van der Waals surface area contributed by atoms with Gasteiger partial charge in [-0.15, -0.1) is 6.42 Å². The normalized spacial score (nSPS) is 10.0. The third-order valence-electron chi connectivity index (χ3n) is 3.56. The van der Waals surface area contributed by atoms with Crippen LogP contribution < -0.4 is 10.1 Å². The summed E-state index contributed by atoms with van der Waals surface area (Å²) in [5, 5.41) is 2.77. The molecular weight excluding hydrogens is 320 g/mol. The number of hydrogen-bond acceptors (Lipinski definition) is 4. The second-order valence-corrected chi connectivity index (χ2v) is 5.32. The van der Waals surface area contributed by atoms with E-state index in [2.05, 4.69) is 16.2 Å². The van der Waals surface area contributed by atoms with E-state index in [9.17, 15) is 9.59 Å². The zero-order valence-corrected chi connectivity index (χ0v) is 14.4. The van der Waals surface area contributed by atoms with Crippen molar-refractivity contribution in [1.29, 1.82) is 0 Å². The zero-order chi connectivity index (χ0) is 18.4. The Kier molecular flexibility index (Phi) is 5.85. The Balaban J connectivity index is 2.21. The molecule has 0 bridgehead atoms. The van der Waals surface area contributed by atoms with Crippen LogP contribution in [0.2, 0.25) is 0 Å². The van der Waals surface area contributed by atoms with Crippen LogP contribution in [0.4, 0.5) is 5.69 Å². The maximum Gasteiger partial charge on any atom is 0.340 e. The summed E-state index contributed by atoms with van der Waals surface area (Å²) in [4.78, 5) is 27.5. The Bertz CT molecular complexity index is 830. The van der Waals surface area contributed by atoms with Gasteiger partial charge in [0.15, 0.2) is 0 Å². The molecule has 2 aromatic rings. The van der Waals surface area contributed by atoms with Gasteiger partial charge in [-0.05, 0) is 38.5 Å². The fourth-order valence-corrected chi connectivity index (χ4v) is 2.47. The number of amides is 1. The van der Waals surface area contributed by atoms with Crippen molar-refractivity contribution in [2.75, 3.05) is 18.5 Å². The van der Waals surface area contributed by atoms with E-state index in [1.807, 2.05) is 0 Å². The second kappa shape index (κ2) is 8.06. The van der Waals surface area contributed by atoms with E-state index in [1.54, 1.807) is 45.0 Å². The van der Waals surface area contributed by atoms with Crippen molar-refractivity contribution in [3.05, 3.63) is 46.8 Å². The van der Waals surface area contributed by atoms with E-state index < -0.39 is 5.97 Å². The number of aromatic nitrogens is 1. The lowest BCUT2D eigenvalue weighted by Gasteiger charge is -2.08. The molecule has 2 N–H and O–H groups in total. The van der Waals surface area contributed by atoms with Crippen molar-refractivity contribution in [2.45, 2.75) is 20.8 Å². The molecule has 2 rings (SSSR count). The van der Waals surface area contributed by atoms with E-state index in [0.29, 0.717) is 34.0 Å². The molecule has 6 nitrogen and oxygen atoms in total. The van der Waals surface area contributed by atoms with Crippen LogP contribution in [-0.4, -0.2) is 30.1 Å². The van der Waals surface area contributed by atoms with Gasteiger partial charge in [-0.1, -0.05) is 12.0 Å². The number of terminal acetylenes is 1. The number of aromatic amines is 1. The highest BCUT2D eigenvalue weighted by Gasteiger charge is 2.22. The molecule has 0 saturated carbocycles. The Morgan fingerprint density at radius 3 is 2.76 bits per heavy atom. The van der Waals surface area contributed by atoms with Crippen LogP contribution in [0.15, 0.2) is 24.3 Å². The Hall–Kier alpha value is -3.20. The summed E-state index contributed by atoms with van der Waals surface area (Å²) < 4.78 is 10.4. The fourth-order valence-electron chi connectivity index (χ4n) is 2.47. The third-order valence-corrected chi connectivity index (χ3v) is 3.56. The first kappa shape index (κ1) is 18.1. The largest absolute Gasteiger partial charge is 0.481 e. The number of carbonyl (C=O) groups is 2. The number of anilines is 1. The molecule has 0 spiro atoms. The lowest BCUT2D eigenvalue weighted by Crippen LogP contribution is -2.14. The standard InChI is InChI=1S/C19H20N2O4/c1-5-10-25-15-9-7-8-14(11-15)21-18(22)17-12(3)16(13(4)20-17)19(23)24-6-2/h1,7-9,11,20H,6,10H2,2-4H3,(H,21,22). The van der Waals surface area contributed by atoms with E-state index in [1.165, 1.54) is 0 Å². The second-order valence-electron chi connectivity index (χ2n) is 5.32. The summed E-state index contributed by atoms with van der Waals surface area (Å²) in [5.41, 5.74) is 2.40. The van der Waals surface area contributed by atoms with Gasteiger partial charge in [-0.2, -0.15) is 0 Å². The minimum absolute atomic E-state index is 0.148. The number of ether oxygens (including phenoxy) is 2. The minimum atomic E-state index is -0.447. The van der Waals surface area contributed by atoms with Gasteiger partial charge >= 0.3 is 5.97 Å². The number of H-pyrrole nitrogens is 1. The average Bonchev–Trinajstić information content (AvgIpc) is 2.88. The van der Waals surface area contributed by atoms with Gasteiger partial charge in [0.1, 0.15) is 18.1 Å². The fraction of sp³-hybridized carbons (Fsp3) is 0.263. The molecule has 0 radical (unpaired) electrons. The maximum absolute atomic E-state index is 12.5. The topological polar surface area (TPSA) is 80.4 Å². The SMILES string of the molecule is C#CCOc1cccc(NC(=O)c2[nH]c(C)c(C(=O)OCC)c2C)c1. The number of rotatable bonds is 6. The molecule has 0 saturated heterocycles. The third kappa shape index (κ3) is 4.21. The van der Waals surface area contributed by atoms with E-state index in [4.69, 9.17) is 15.9 Å². The Labute approximate surface area is 146 Å². The van der Waals surface area contributed by atoms with Gasteiger partial charge in [0.25, 0.3) is 5.91 Å². The predicted molar refractivity (Wildman–Crippen MR) is 94.9 cm³/mol. The first-order valence-corrected chi connectivity index (χ1v) is 7.81. The minimum Gasteiger partial charge on any atom is -0.481 e. The molecule has 1 aromatic heterocycles. The lowest BCUT2D eigenvalue weighted by atomic mass is 10.1. The quantitative estimate of drug-likeness (QED) is 0.625. The smallest absolute Gasteiger partial charge is 0.340 e. The van der Waals surface area contributed by atoms with Crippen LogP contribution in [0.1, 0.15) is 39.0 Å². The van der Waals surface area contributed by atoms with Crippen LogP contribution in [0, 0.1) is 26.2 Å². The van der Waals surface area contributed by atoms with Crippen molar-refractivity contribution < 1.29 is 19.1 Å². The van der Waals surface area contributed by atoms with Crippen LogP contribution in [-0.2, 0) is 4.74 Å². The molecule has 1 aromatic carbocycles. The predicted octanol–water partition coefficient (Wildman–Crippen LogP) is 3.07. The number of benzene rings is 1. The van der Waals surface area contributed by atoms with Crippen LogP contribution in [0.25, 0.3) is 0 Å². The molecule has 1 amide bonds. The van der Waals surface area contributed by atoms with Crippen molar-refractivity contribution in [1.82, 2.24) is 4.98 Å². The highest BCUT2D eigenvalue weighted by Crippen LogP contribution is 2.22. The van der Waals surface area contributed by atoms with Crippen molar-refractivity contribution in [2.24, 2.45) is 0 Å². The number of hydrogen-bond donors (Lipinski definition) is 2. The zero-order valence-electron chi connectivity index (χ0n) is 14.4. The van der Waals surface area contributed by atoms with Crippen LogP contribution >= 0.6 is 0 Å². The Morgan fingerprint density at radius 1 is 1.32 bits per heavy atom. The summed E-state index contributed by atoms with van der Waals surface area (Å²) in [5.74, 6) is 2.14. The van der Waals surface area contributed by atoms with Crippen molar-refractivity contribution >= 4 is 17.6 Å². The summed E-state index contributed by atoms with van der Waals surface area (Å²) in [6.07, 6.45) is 5.16. The summed E-state index contributed by atoms with van der Waals surface area (Å²) >= 11 is 0. The highest BCUT2D eigenvalue weighted by molar-refractivity contribution is 6.06. The van der Waals surface area contributed by atoms with Gasteiger partial charge in [0.05, 0.1) is 12.2 Å². The first-order valence-electron chi connectivity index (χ1n) is 7.81. The molecule has 0 fully saturated rings.